The van der Waals surface area contributed by atoms with Crippen LogP contribution in [0.4, 0.5) is 5.69 Å². The Morgan fingerprint density at radius 3 is 2.75 bits per heavy atom. The lowest BCUT2D eigenvalue weighted by Gasteiger charge is -2.12. The largest absolute Gasteiger partial charge is 0.397 e. The maximum atomic E-state index is 5.83. The molecule has 1 atom stereocenters. The van der Waals surface area contributed by atoms with Crippen molar-refractivity contribution in [3.8, 4) is 0 Å². The van der Waals surface area contributed by atoms with E-state index < -0.39 is 0 Å². The topological polar surface area (TPSA) is 52.0 Å². The van der Waals surface area contributed by atoms with Crippen molar-refractivity contribution in [3.63, 3.8) is 0 Å². The van der Waals surface area contributed by atoms with E-state index in [-0.39, 0.29) is 6.04 Å². The van der Waals surface area contributed by atoms with Crippen LogP contribution < -0.4 is 11.5 Å². The van der Waals surface area contributed by atoms with E-state index in [1.54, 1.807) is 6.07 Å². The third-order valence-corrected chi connectivity index (χ3v) is 2.26. The molecule has 2 nitrogen and oxygen atoms in total. The minimum atomic E-state index is -0.0105. The molecule has 0 heterocycles. The first-order chi connectivity index (χ1) is 5.66. The van der Waals surface area contributed by atoms with Gasteiger partial charge in [-0.05, 0) is 18.1 Å². The third kappa shape index (κ3) is 1.71. The molecular weight excluding hydrogens is 172 g/mol. The fourth-order valence-electron chi connectivity index (χ4n) is 1.10. The Hall–Kier alpha value is -0.730. The molecule has 4 N–H and O–H groups in total. The van der Waals surface area contributed by atoms with Crippen molar-refractivity contribution in [1.29, 1.82) is 0 Å². The average Bonchev–Trinajstić information content (AvgIpc) is 2.08. The van der Waals surface area contributed by atoms with Crippen LogP contribution in [0.25, 0.3) is 0 Å². The van der Waals surface area contributed by atoms with Crippen LogP contribution >= 0.6 is 11.6 Å². The number of anilines is 1. The summed E-state index contributed by atoms with van der Waals surface area (Å²) in [5, 5.41) is 0.580. The highest BCUT2D eigenvalue weighted by atomic mass is 35.5. The Kier molecular flexibility index (Phi) is 2.95. The van der Waals surface area contributed by atoms with Crippen LogP contribution in [0.1, 0.15) is 24.9 Å². The summed E-state index contributed by atoms with van der Waals surface area (Å²) in [6.07, 6.45) is 0.866. The lowest BCUT2D eigenvalue weighted by molar-refractivity contribution is 0.701. The molecule has 0 aromatic heterocycles. The van der Waals surface area contributed by atoms with Crippen LogP contribution in [0.3, 0.4) is 0 Å². The summed E-state index contributed by atoms with van der Waals surface area (Å²) in [7, 11) is 0. The molecule has 0 spiro atoms. The minimum absolute atomic E-state index is 0.0105. The molecule has 1 aromatic carbocycles. The highest BCUT2D eigenvalue weighted by Crippen LogP contribution is 2.27. The molecule has 0 radical (unpaired) electrons. The Labute approximate surface area is 77.5 Å². The van der Waals surface area contributed by atoms with Gasteiger partial charge in [-0.1, -0.05) is 30.7 Å². The maximum Gasteiger partial charge on any atom is 0.0638 e. The first-order valence-corrected chi connectivity index (χ1v) is 4.34. The van der Waals surface area contributed by atoms with Crippen LogP contribution in [-0.2, 0) is 0 Å². The van der Waals surface area contributed by atoms with E-state index in [1.807, 2.05) is 19.1 Å². The van der Waals surface area contributed by atoms with E-state index in [2.05, 4.69) is 0 Å². The molecule has 0 aliphatic rings. The zero-order valence-corrected chi connectivity index (χ0v) is 7.81. The van der Waals surface area contributed by atoms with Gasteiger partial charge in [0.1, 0.15) is 0 Å². The van der Waals surface area contributed by atoms with Crippen molar-refractivity contribution >= 4 is 17.3 Å². The predicted molar refractivity (Wildman–Crippen MR) is 53.1 cm³/mol. The molecule has 0 amide bonds. The molecule has 0 saturated carbocycles. The zero-order valence-electron chi connectivity index (χ0n) is 7.05. The smallest absolute Gasteiger partial charge is 0.0638 e. The fourth-order valence-corrected chi connectivity index (χ4v) is 1.28. The third-order valence-electron chi connectivity index (χ3n) is 1.93. The van der Waals surface area contributed by atoms with Gasteiger partial charge >= 0.3 is 0 Å². The standard InChI is InChI=1S/C9H13ClN2/c1-2-8(11)6-4-3-5-7(10)9(6)12/h3-5,8H,2,11-12H2,1H3/t8-/m0/s1. The lowest BCUT2D eigenvalue weighted by Crippen LogP contribution is -2.11. The first kappa shape index (κ1) is 9.36. The second kappa shape index (κ2) is 3.78. The summed E-state index contributed by atoms with van der Waals surface area (Å²) in [5.74, 6) is 0. The van der Waals surface area contributed by atoms with Crippen molar-refractivity contribution in [2.24, 2.45) is 5.73 Å². The van der Waals surface area contributed by atoms with Crippen LogP contribution in [-0.4, -0.2) is 0 Å². The number of nitrogens with two attached hydrogens (primary N) is 2. The number of para-hydroxylation sites is 1. The Bertz CT molecular complexity index is 273. The fraction of sp³-hybridized carbons (Fsp3) is 0.333. The van der Waals surface area contributed by atoms with Crippen LogP contribution in [0, 0.1) is 0 Å². The molecule has 0 aliphatic carbocycles. The van der Waals surface area contributed by atoms with Crippen molar-refractivity contribution in [1.82, 2.24) is 0 Å². The van der Waals surface area contributed by atoms with Gasteiger partial charge in [-0.3, -0.25) is 0 Å². The molecule has 66 valence electrons. The molecule has 12 heavy (non-hydrogen) atoms. The molecule has 1 aromatic rings. The van der Waals surface area contributed by atoms with Gasteiger partial charge in [0.25, 0.3) is 0 Å². The van der Waals surface area contributed by atoms with E-state index in [0.717, 1.165) is 12.0 Å². The summed E-state index contributed by atoms with van der Waals surface area (Å²) in [4.78, 5) is 0. The van der Waals surface area contributed by atoms with Gasteiger partial charge in [-0.2, -0.15) is 0 Å². The van der Waals surface area contributed by atoms with Gasteiger partial charge in [0.05, 0.1) is 10.7 Å². The minimum Gasteiger partial charge on any atom is -0.397 e. The quantitative estimate of drug-likeness (QED) is 0.694. The van der Waals surface area contributed by atoms with Gasteiger partial charge in [0, 0.05) is 6.04 Å². The summed E-state index contributed by atoms with van der Waals surface area (Å²) >= 11 is 5.83. The number of nitrogen functional groups attached to an aromatic ring is 1. The van der Waals surface area contributed by atoms with E-state index >= 15 is 0 Å². The maximum absolute atomic E-state index is 5.83. The summed E-state index contributed by atoms with van der Waals surface area (Å²) < 4.78 is 0. The molecule has 3 heteroatoms. The number of hydrogen-bond acceptors (Lipinski definition) is 2. The number of halogens is 1. The van der Waals surface area contributed by atoms with Gasteiger partial charge in [-0.15, -0.1) is 0 Å². The van der Waals surface area contributed by atoms with E-state index in [1.165, 1.54) is 0 Å². The van der Waals surface area contributed by atoms with Crippen LogP contribution in [0.2, 0.25) is 5.02 Å². The predicted octanol–water partition coefficient (Wildman–Crippen LogP) is 2.33. The molecule has 0 aliphatic heterocycles. The Morgan fingerprint density at radius 2 is 2.17 bits per heavy atom. The van der Waals surface area contributed by atoms with Gasteiger partial charge in [-0.25, -0.2) is 0 Å². The highest BCUT2D eigenvalue weighted by Gasteiger charge is 2.08. The van der Waals surface area contributed by atoms with Gasteiger partial charge < -0.3 is 11.5 Å². The highest BCUT2D eigenvalue weighted by molar-refractivity contribution is 6.33. The van der Waals surface area contributed by atoms with Gasteiger partial charge in [0.2, 0.25) is 0 Å². The molecular formula is C9H13ClN2. The summed E-state index contributed by atoms with van der Waals surface area (Å²) in [5.41, 5.74) is 13.1. The van der Waals surface area contributed by atoms with E-state index in [9.17, 15) is 0 Å². The number of rotatable bonds is 2. The molecule has 0 unspecified atom stereocenters. The SMILES string of the molecule is CC[C@H](N)c1cccc(Cl)c1N. The zero-order chi connectivity index (χ0) is 9.14. The molecule has 0 fully saturated rings. The van der Waals surface area contributed by atoms with Gasteiger partial charge in [0.15, 0.2) is 0 Å². The summed E-state index contributed by atoms with van der Waals surface area (Å²) in [6, 6.07) is 5.53. The van der Waals surface area contributed by atoms with Crippen molar-refractivity contribution in [2.45, 2.75) is 19.4 Å². The normalized spacial score (nSPS) is 12.9. The number of benzene rings is 1. The Morgan fingerprint density at radius 1 is 1.50 bits per heavy atom. The second-order valence-electron chi connectivity index (χ2n) is 2.76. The second-order valence-corrected chi connectivity index (χ2v) is 3.16. The first-order valence-electron chi connectivity index (χ1n) is 3.96. The van der Waals surface area contributed by atoms with E-state index in [0.29, 0.717) is 10.7 Å². The average molecular weight is 185 g/mol. The van der Waals surface area contributed by atoms with Crippen LogP contribution in [0.15, 0.2) is 18.2 Å². The van der Waals surface area contributed by atoms with Crippen LogP contribution in [0.5, 0.6) is 0 Å². The van der Waals surface area contributed by atoms with Crippen molar-refractivity contribution < 1.29 is 0 Å². The lowest BCUT2D eigenvalue weighted by atomic mass is 10.0. The van der Waals surface area contributed by atoms with Crippen molar-refractivity contribution in [3.05, 3.63) is 28.8 Å². The molecule has 1 rings (SSSR count). The summed E-state index contributed by atoms with van der Waals surface area (Å²) in [6.45, 7) is 2.02. The number of hydrogen-bond donors (Lipinski definition) is 2. The van der Waals surface area contributed by atoms with E-state index in [4.69, 9.17) is 23.1 Å². The molecule has 0 bridgehead atoms. The molecule has 0 saturated heterocycles. The Balaban J connectivity index is 3.07. The monoisotopic (exact) mass is 184 g/mol. The van der Waals surface area contributed by atoms with Crippen molar-refractivity contribution in [2.75, 3.05) is 5.73 Å².